The number of nitrogens with zero attached hydrogens (tertiary/aromatic N) is 2. The van der Waals surface area contributed by atoms with E-state index in [9.17, 15) is 10.2 Å². The highest BCUT2D eigenvalue weighted by Gasteiger charge is 2.27. The van der Waals surface area contributed by atoms with Crippen LogP contribution in [0.1, 0.15) is 79.4 Å². The van der Waals surface area contributed by atoms with Gasteiger partial charge in [0.1, 0.15) is 22.9 Å². The quantitative estimate of drug-likeness (QED) is 0.371. The summed E-state index contributed by atoms with van der Waals surface area (Å²) in [6, 6.07) is 15.4. The van der Waals surface area contributed by atoms with Crippen molar-refractivity contribution < 1.29 is 10.2 Å². The molecule has 3 rings (SSSR count). The van der Waals surface area contributed by atoms with Crippen molar-refractivity contribution in [2.75, 3.05) is 0 Å². The molecule has 0 saturated carbocycles. The number of fused-ring (bicyclic) bond motifs is 1. The summed E-state index contributed by atoms with van der Waals surface area (Å²) in [7, 11) is 0. The Morgan fingerprint density at radius 1 is 0.697 bits per heavy atom. The number of benzene rings is 3. The van der Waals surface area contributed by atoms with Crippen molar-refractivity contribution in [1.82, 2.24) is 0 Å². The predicted octanol–water partition coefficient (Wildman–Crippen LogP) is 9.07. The molecular formula is C29H38N2O2. The van der Waals surface area contributed by atoms with Crippen molar-refractivity contribution in [3.05, 3.63) is 59.7 Å². The van der Waals surface area contributed by atoms with E-state index >= 15 is 0 Å². The zero-order chi connectivity index (χ0) is 24.6. The van der Waals surface area contributed by atoms with Crippen LogP contribution in [0.2, 0.25) is 0 Å². The highest BCUT2D eigenvalue weighted by atomic mass is 16.3. The number of hydrogen-bond donors (Lipinski definition) is 2. The molecule has 0 aromatic heterocycles. The van der Waals surface area contributed by atoms with E-state index in [4.69, 9.17) is 0 Å². The third kappa shape index (κ3) is 5.55. The lowest BCUT2D eigenvalue weighted by atomic mass is 9.72. The van der Waals surface area contributed by atoms with Gasteiger partial charge < -0.3 is 10.2 Å². The van der Waals surface area contributed by atoms with Crippen LogP contribution >= 0.6 is 0 Å². The lowest BCUT2D eigenvalue weighted by Gasteiger charge is -2.33. The van der Waals surface area contributed by atoms with Gasteiger partial charge in [-0.05, 0) is 63.8 Å². The first-order chi connectivity index (χ1) is 15.2. The molecule has 0 unspecified atom stereocenters. The molecule has 0 aliphatic rings. The summed E-state index contributed by atoms with van der Waals surface area (Å²) in [5, 5.41) is 31.4. The molecule has 2 N–H and O–H groups in total. The molecule has 0 spiro atoms. The Morgan fingerprint density at radius 2 is 1.30 bits per heavy atom. The molecule has 0 radical (unpaired) electrons. The second-order valence-corrected chi connectivity index (χ2v) is 11.6. The highest BCUT2D eigenvalue weighted by Crippen LogP contribution is 2.42. The smallest absolute Gasteiger partial charge is 0.143 e. The maximum Gasteiger partial charge on any atom is 0.143 e. The third-order valence-corrected chi connectivity index (χ3v) is 6.62. The van der Waals surface area contributed by atoms with Gasteiger partial charge in [-0.25, -0.2) is 0 Å². The zero-order valence-electron chi connectivity index (χ0n) is 21.3. The average molecular weight is 447 g/mol. The summed E-state index contributed by atoms with van der Waals surface area (Å²) in [5.41, 5.74) is 3.35. The topological polar surface area (TPSA) is 65.2 Å². The lowest BCUT2D eigenvalue weighted by Crippen LogP contribution is -2.24. The first kappa shape index (κ1) is 24.8. The van der Waals surface area contributed by atoms with Crippen LogP contribution in [-0.2, 0) is 10.8 Å². The van der Waals surface area contributed by atoms with Gasteiger partial charge in [-0.2, -0.15) is 0 Å². The number of rotatable bonds is 6. The van der Waals surface area contributed by atoms with E-state index in [1.54, 1.807) is 12.1 Å². The number of phenols is 2. The van der Waals surface area contributed by atoms with Crippen molar-refractivity contribution >= 4 is 22.1 Å². The van der Waals surface area contributed by atoms with Gasteiger partial charge in [0.15, 0.2) is 0 Å². The molecule has 0 amide bonds. The van der Waals surface area contributed by atoms with E-state index in [0.29, 0.717) is 11.4 Å². The second-order valence-electron chi connectivity index (χ2n) is 11.6. The van der Waals surface area contributed by atoms with E-state index < -0.39 is 0 Å². The summed E-state index contributed by atoms with van der Waals surface area (Å²) < 4.78 is 0. The van der Waals surface area contributed by atoms with Crippen LogP contribution in [0.5, 0.6) is 11.5 Å². The van der Waals surface area contributed by atoms with Gasteiger partial charge in [-0.15, -0.1) is 10.2 Å². The number of aromatic hydroxyl groups is 2. The van der Waals surface area contributed by atoms with Crippen LogP contribution in [0.3, 0.4) is 0 Å². The number of phenolic OH excluding ortho intramolecular Hbond substituents is 2. The summed E-state index contributed by atoms with van der Waals surface area (Å²) >= 11 is 0. The first-order valence-electron chi connectivity index (χ1n) is 11.7. The molecule has 176 valence electrons. The normalized spacial score (nSPS) is 13.2. The molecule has 4 nitrogen and oxygen atoms in total. The Balaban J connectivity index is 2.04. The number of azo groups is 1. The molecule has 3 aromatic rings. The minimum atomic E-state index is -0.0319. The Labute approximate surface area is 198 Å². The van der Waals surface area contributed by atoms with Crippen LogP contribution < -0.4 is 0 Å². The molecule has 33 heavy (non-hydrogen) atoms. The van der Waals surface area contributed by atoms with E-state index in [2.05, 4.69) is 77.8 Å². The van der Waals surface area contributed by atoms with Crippen molar-refractivity contribution in [2.24, 2.45) is 15.6 Å². The second kappa shape index (κ2) is 8.81. The summed E-state index contributed by atoms with van der Waals surface area (Å²) in [4.78, 5) is 0. The summed E-state index contributed by atoms with van der Waals surface area (Å²) in [6.07, 6.45) is 2.02. The zero-order valence-corrected chi connectivity index (χ0v) is 21.3. The number of hydrogen-bond acceptors (Lipinski definition) is 4. The van der Waals surface area contributed by atoms with E-state index in [0.717, 1.165) is 29.2 Å². The van der Waals surface area contributed by atoms with Crippen LogP contribution in [0, 0.1) is 5.41 Å². The molecule has 0 aliphatic carbocycles. The molecule has 0 saturated heterocycles. The fourth-order valence-electron chi connectivity index (χ4n) is 4.59. The Morgan fingerprint density at radius 3 is 1.94 bits per heavy atom. The van der Waals surface area contributed by atoms with Crippen molar-refractivity contribution in [1.29, 1.82) is 0 Å². The van der Waals surface area contributed by atoms with E-state index in [1.165, 1.54) is 5.56 Å². The lowest BCUT2D eigenvalue weighted by molar-refractivity contribution is 0.284. The van der Waals surface area contributed by atoms with Crippen LogP contribution in [0.15, 0.2) is 58.8 Å². The monoisotopic (exact) mass is 446 g/mol. The predicted molar refractivity (Wildman–Crippen MR) is 138 cm³/mol. The van der Waals surface area contributed by atoms with Gasteiger partial charge in [-0.1, -0.05) is 85.7 Å². The van der Waals surface area contributed by atoms with Gasteiger partial charge in [-0.3, -0.25) is 0 Å². The fourth-order valence-corrected chi connectivity index (χ4v) is 4.59. The Hall–Kier alpha value is -2.88. The van der Waals surface area contributed by atoms with Gasteiger partial charge in [0.25, 0.3) is 0 Å². The molecular weight excluding hydrogens is 408 g/mol. The minimum Gasteiger partial charge on any atom is -0.506 e. The Bertz CT molecular complexity index is 1180. The molecule has 0 fully saturated rings. The molecule has 3 aromatic carbocycles. The maximum atomic E-state index is 10.5. The molecule has 0 atom stereocenters. The van der Waals surface area contributed by atoms with Crippen molar-refractivity contribution in [3.63, 3.8) is 0 Å². The SMILES string of the molecule is CCC(C)(C)c1ccc(O)c(N=Nc2c(O)ccc3cc(C(C)(C)CC(C)(C)C)ccc23)c1. The molecule has 0 aliphatic heterocycles. The van der Waals surface area contributed by atoms with E-state index in [1.807, 2.05) is 24.3 Å². The highest BCUT2D eigenvalue weighted by molar-refractivity contribution is 5.95. The fraction of sp³-hybridized carbons (Fsp3) is 0.448. The summed E-state index contributed by atoms with van der Waals surface area (Å²) in [5.74, 6) is 0.137. The van der Waals surface area contributed by atoms with Crippen LogP contribution in [0.25, 0.3) is 10.8 Å². The third-order valence-electron chi connectivity index (χ3n) is 6.62. The van der Waals surface area contributed by atoms with Crippen LogP contribution in [-0.4, -0.2) is 10.2 Å². The van der Waals surface area contributed by atoms with Crippen molar-refractivity contribution in [2.45, 2.75) is 79.1 Å². The maximum absolute atomic E-state index is 10.5. The van der Waals surface area contributed by atoms with Gasteiger partial charge in [0.2, 0.25) is 0 Å². The van der Waals surface area contributed by atoms with Gasteiger partial charge in [0.05, 0.1) is 0 Å². The largest absolute Gasteiger partial charge is 0.506 e. The standard InChI is InChI=1S/C29H38N2O2/c1-9-28(5,6)21-12-15-24(32)23(17-21)30-31-26-22-13-11-20(16-19(22)10-14-25(26)33)29(7,8)18-27(2,3)4/h10-17,32-33H,9,18H2,1-8H3. The van der Waals surface area contributed by atoms with Gasteiger partial charge >= 0.3 is 0 Å². The van der Waals surface area contributed by atoms with Crippen molar-refractivity contribution in [3.8, 4) is 11.5 Å². The minimum absolute atomic E-state index is 0.0182. The molecule has 0 heterocycles. The van der Waals surface area contributed by atoms with E-state index in [-0.39, 0.29) is 27.7 Å². The Kier molecular flexibility index (Phi) is 6.61. The van der Waals surface area contributed by atoms with Gasteiger partial charge in [0, 0.05) is 5.39 Å². The molecule has 4 heteroatoms. The molecule has 0 bridgehead atoms. The average Bonchev–Trinajstić information content (AvgIpc) is 2.72. The summed E-state index contributed by atoms with van der Waals surface area (Å²) in [6.45, 7) is 17.8. The van der Waals surface area contributed by atoms with Crippen LogP contribution in [0.4, 0.5) is 11.4 Å². The first-order valence-corrected chi connectivity index (χ1v) is 11.7.